The zero-order valence-corrected chi connectivity index (χ0v) is 11.2. The molecule has 0 aromatic rings. The van der Waals surface area contributed by atoms with Crippen LogP contribution in [0.15, 0.2) is 4.99 Å². The lowest BCUT2D eigenvalue weighted by atomic mass is 10.5. The molecule has 0 aromatic carbocycles. The minimum absolute atomic E-state index is 0.418. The first-order chi connectivity index (χ1) is 7.95. The lowest BCUT2D eigenvalue weighted by Gasteiger charge is -2.15. The highest BCUT2D eigenvalue weighted by molar-refractivity contribution is 5.77. The number of hydrogen-bond donors (Lipinski definition) is 4. The van der Waals surface area contributed by atoms with E-state index in [-0.39, 0.29) is 0 Å². The minimum Gasteiger partial charge on any atom is -0.370 e. The molecule has 0 spiro atoms. The first kappa shape index (κ1) is 15.5. The standard InChI is InChI=1S/C10H25N7/c1-16(2)9(11)14-7-5-13-6-8-15-10(12)17(3)4/h13H,5-8H2,1-4H3,(H2,11,14)(H2,12,15). The Labute approximate surface area is 104 Å². The Morgan fingerprint density at radius 1 is 1.12 bits per heavy atom. The third-order valence-electron chi connectivity index (χ3n) is 2.06. The summed E-state index contributed by atoms with van der Waals surface area (Å²) in [5, 5.41) is 13.7. The fourth-order valence-corrected chi connectivity index (χ4v) is 0.943. The van der Waals surface area contributed by atoms with Crippen molar-refractivity contribution in [3.8, 4) is 0 Å². The average Bonchev–Trinajstić information content (AvgIpc) is 2.26. The normalized spacial score (nSPS) is 11.2. The largest absolute Gasteiger partial charge is 0.370 e. The molecule has 0 aliphatic carbocycles. The number of aliphatic imine (C=N–C) groups is 1. The molecule has 0 amide bonds. The lowest BCUT2D eigenvalue weighted by molar-refractivity contribution is 0.569. The lowest BCUT2D eigenvalue weighted by Crippen LogP contribution is -2.39. The number of nitrogens with one attached hydrogen (secondary N) is 3. The molecule has 0 bridgehead atoms. The summed E-state index contributed by atoms with van der Waals surface area (Å²) in [6.45, 7) is 2.97. The molecule has 0 aliphatic heterocycles. The average molecular weight is 243 g/mol. The SMILES string of the molecule is CN(C)C(=N)NCCNCCN=C(N)N(C)C. The van der Waals surface area contributed by atoms with E-state index in [1.54, 1.807) is 9.80 Å². The number of guanidine groups is 2. The summed E-state index contributed by atoms with van der Waals surface area (Å²) >= 11 is 0. The van der Waals surface area contributed by atoms with Gasteiger partial charge >= 0.3 is 0 Å². The van der Waals surface area contributed by atoms with Crippen LogP contribution in [0.25, 0.3) is 0 Å². The van der Waals surface area contributed by atoms with Gasteiger partial charge in [0.05, 0.1) is 6.54 Å². The van der Waals surface area contributed by atoms with Crippen LogP contribution in [0.5, 0.6) is 0 Å². The first-order valence-electron chi connectivity index (χ1n) is 5.63. The third kappa shape index (κ3) is 8.32. The molecule has 0 fully saturated rings. The molecule has 0 unspecified atom stereocenters. The van der Waals surface area contributed by atoms with Gasteiger partial charge in [0.1, 0.15) is 0 Å². The molecule has 0 radical (unpaired) electrons. The van der Waals surface area contributed by atoms with Crippen molar-refractivity contribution in [3.63, 3.8) is 0 Å². The van der Waals surface area contributed by atoms with E-state index in [0.717, 1.165) is 19.6 Å². The Kier molecular flexibility index (Phi) is 7.87. The fraction of sp³-hybridized carbons (Fsp3) is 0.800. The molecule has 0 aliphatic rings. The fourth-order valence-electron chi connectivity index (χ4n) is 0.943. The summed E-state index contributed by atoms with van der Waals surface area (Å²) < 4.78 is 0. The van der Waals surface area contributed by atoms with Crippen molar-refractivity contribution < 1.29 is 0 Å². The van der Waals surface area contributed by atoms with Crippen molar-refractivity contribution in [2.75, 3.05) is 54.4 Å². The van der Waals surface area contributed by atoms with Gasteiger partial charge in [0.25, 0.3) is 0 Å². The van der Waals surface area contributed by atoms with Gasteiger partial charge in [-0.1, -0.05) is 0 Å². The Morgan fingerprint density at radius 3 is 2.29 bits per heavy atom. The van der Waals surface area contributed by atoms with Gasteiger partial charge < -0.3 is 26.2 Å². The second-order valence-corrected chi connectivity index (χ2v) is 4.05. The number of nitrogens with zero attached hydrogens (tertiary/aromatic N) is 3. The summed E-state index contributed by atoms with van der Waals surface area (Å²) in [4.78, 5) is 7.67. The zero-order chi connectivity index (χ0) is 13.3. The minimum atomic E-state index is 0.418. The first-order valence-corrected chi connectivity index (χ1v) is 5.63. The molecule has 5 N–H and O–H groups in total. The molecule has 0 heterocycles. The Hall–Kier alpha value is -1.50. The van der Waals surface area contributed by atoms with Crippen LogP contribution in [-0.4, -0.2) is 76.1 Å². The smallest absolute Gasteiger partial charge is 0.190 e. The van der Waals surface area contributed by atoms with Crippen molar-refractivity contribution >= 4 is 11.9 Å². The summed E-state index contributed by atoms with van der Waals surface area (Å²) in [7, 11) is 7.40. The van der Waals surface area contributed by atoms with Gasteiger partial charge in [-0.2, -0.15) is 0 Å². The van der Waals surface area contributed by atoms with Crippen LogP contribution in [0.3, 0.4) is 0 Å². The Morgan fingerprint density at radius 2 is 1.76 bits per heavy atom. The van der Waals surface area contributed by atoms with E-state index in [2.05, 4.69) is 15.6 Å². The van der Waals surface area contributed by atoms with E-state index < -0.39 is 0 Å². The predicted molar refractivity (Wildman–Crippen MR) is 72.5 cm³/mol. The maximum Gasteiger partial charge on any atom is 0.190 e. The van der Waals surface area contributed by atoms with Gasteiger partial charge in [0.2, 0.25) is 0 Å². The van der Waals surface area contributed by atoms with Gasteiger partial charge in [-0.25, -0.2) is 0 Å². The van der Waals surface area contributed by atoms with Crippen LogP contribution in [0.4, 0.5) is 0 Å². The monoisotopic (exact) mass is 243 g/mol. The maximum atomic E-state index is 7.51. The number of hydrogen-bond acceptors (Lipinski definition) is 3. The molecule has 0 saturated heterocycles. The van der Waals surface area contributed by atoms with Crippen molar-refractivity contribution in [3.05, 3.63) is 0 Å². The van der Waals surface area contributed by atoms with Gasteiger partial charge in [0, 0.05) is 47.8 Å². The summed E-state index contributed by atoms with van der Waals surface area (Å²) in [5.74, 6) is 0.959. The van der Waals surface area contributed by atoms with Crippen LogP contribution in [0, 0.1) is 5.41 Å². The summed E-state index contributed by atoms with van der Waals surface area (Å²) in [6.07, 6.45) is 0. The van der Waals surface area contributed by atoms with Crippen LogP contribution in [-0.2, 0) is 0 Å². The van der Waals surface area contributed by atoms with E-state index in [4.69, 9.17) is 11.1 Å². The van der Waals surface area contributed by atoms with Crippen molar-refractivity contribution in [1.82, 2.24) is 20.4 Å². The van der Waals surface area contributed by atoms with Crippen LogP contribution in [0.1, 0.15) is 0 Å². The number of rotatable bonds is 6. The topological polar surface area (TPSA) is 92.8 Å². The van der Waals surface area contributed by atoms with E-state index >= 15 is 0 Å². The molecular formula is C10H25N7. The molecule has 17 heavy (non-hydrogen) atoms. The van der Waals surface area contributed by atoms with E-state index in [9.17, 15) is 0 Å². The highest BCUT2D eigenvalue weighted by Gasteiger charge is 1.96. The van der Waals surface area contributed by atoms with Gasteiger partial charge in [-0.05, 0) is 0 Å². The Balaban J connectivity index is 3.42. The van der Waals surface area contributed by atoms with Crippen LogP contribution in [0.2, 0.25) is 0 Å². The zero-order valence-electron chi connectivity index (χ0n) is 11.2. The Bertz CT molecular complexity index is 247. The molecule has 7 heteroatoms. The highest BCUT2D eigenvalue weighted by atomic mass is 15.2. The van der Waals surface area contributed by atoms with E-state index in [1.807, 2.05) is 28.2 Å². The highest BCUT2D eigenvalue weighted by Crippen LogP contribution is 1.76. The second kappa shape index (κ2) is 8.63. The molecular weight excluding hydrogens is 218 g/mol. The van der Waals surface area contributed by atoms with Crippen molar-refractivity contribution in [1.29, 1.82) is 5.41 Å². The van der Waals surface area contributed by atoms with Gasteiger partial charge in [-0.3, -0.25) is 10.4 Å². The molecule has 0 rings (SSSR count). The van der Waals surface area contributed by atoms with Crippen molar-refractivity contribution in [2.24, 2.45) is 10.7 Å². The quantitative estimate of drug-likeness (QED) is 0.260. The van der Waals surface area contributed by atoms with E-state index in [0.29, 0.717) is 18.5 Å². The van der Waals surface area contributed by atoms with Crippen LogP contribution >= 0.6 is 0 Å². The van der Waals surface area contributed by atoms with Crippen molar-refractivity contribution in [2.45, 2.75) is 0 Å². The second-order valence-electron chi connectivity index (χ2n) is 4.05. The molecule has 0 aromatic heterocycles. The van der Waals surface area contributed by atoms with Crippen LogP contribution < -0.4 is 16.4 Å². The number of nitrogens with two attached hydrogens (primary N) is 1. The maximum absolute atomic E-state index is 7.51. The predicted octanol–water partition coefficient (Wildman–Crippen LogP) is -1.46. The summed E-state index contributed by atoms with van der Waals surface area (Å²) in [5.41, 5.74) is 5.63. The molecule has 7 nitrogen and oxygen atoms in total. The third-order valence-corrected chi connectivity index (χ3v) is 2.06. The van der Waals surface area contributed by atoms with E-state index in [1.165, 1.54) is 0 Å². The summed E-state index contributed by atoms with van der Waals surface area (Å²) in [6, 6.07) is 0. The van der Waals surface area contributed by atoms with Gasteiger partial charge in [-0.15, -0.1) is 0 Å². The molecule has 0 saturated carbocycles. The van der Waals surface area contributed by atoms with Gasteiger partial charge in [0.15, 0.2) is 11.9 Å². The molecule has 100 valence electrons. The molecule has 0 atom stereocenters.